The molecule has 4 aliphatic carbocycles. The molecule has 7 atom stereocenters. The van der Waals surface area contributed by atoms with Gasteiger partial charge in [-0.05, 0) is 106 Å². The van der Waals surface area contributed by atoms with Gasteiger partial charge in [-0.25, -0.2) is 4.79 Å². The maximum atomic E-state index is 12.1. The topological polar surface area (TPSA) is 87.0 Å². The molecule has 0 aromatic heterocycles. The van der Waals surface area contributed by atoms with Gasteiger partial charge in [0.2, 0.25) is 0 Å². The van der Waals surface area contributed by atoms with Gasteiger partial charge >= 0.3 is 5.97 Å². The maximum absolute atomic E-state index is 12.1. The van der Waals surface area contributed by atoms with Crippen LogP contribution < -0.4 is 0 Å². The van der Waals surface area contributed by atoms with Crippen LogP contribution in [0.5, 0.6) is 0 Å². The van der Waals surface area contributed by atoms with E-state index in [0.29, 0.717) is 30.6 Å². The normalized spacial score (nSPS) is 36.5. The highest BCUT2D eigenvalue weighted by Crippen LogP contribution is 2.59. The third-order valence-corrected chi connectivity index (χ3v) is 9.91. The summed E-state index contributed by atoms with van der Waals surface area (Å²) < 4.78 is 5.38. The number of rotatable bonds is 7. The average Bonchev–Trinajstić information content (AvgIpc) is 3.56. The molecule has 0 saturated heterocycles. The first-order valence-electron chi connectivity index (χ1n) is 15.0. The third kappa shape index (κ3) is 6.86. The largest absolute Gasteiger partial charge is 0.457 e. The molecule has 216 valence electrons. The number of hydrogen-bond donors (Lipinski definition) is 3. The molecule has 0 aromatic carbocycles. The number of allylic oxidation sites excluding steroid dienone is 4. The second-order valence-corrected chi connectivity index (χ2v) is 14.0. The van der Waals surface area contributed by atoms with Crippen molar-refractivity contribution in [2.75, 3.05) is 0 Å². The summed E-state index contributed by atoms with van der Waals surface area (Å²) in [6.45, 7) is 14.4. The Morgan fingerprint density at radius 2 is 1.85 bits per heavy atom. The lowest BCUT2D eigenvalue weighted by Crippen LogP contribution is -2.35. The van der Waals surface area contributed by atoms with Gasteiger partial charge in [0.25, 0.3) is 0 Å². The van der Waals surface area contributed by atoms with Gasteiger partial charge in [-0.15, -0.1) is 0 Å². The van der Waals surface area contributed by atoms with Crippen LogP contribution in [0.4, 0.5) is 0 Å². The summed E-state index contributed by atoms with van der Waals surface area (Å²) in [6.07, 6.45) is 18.6. The predicted molar refractivity (Wildman–Crippen MR) is 156 cm³/mol. The first kappa shape index (κ1) is 30.0. The minimum absolute atomic E-state index is 0.216. The number of carbonyl (C=O) groups is 1. The van der Waals surface area contributed by atoms with Gasteiger partial charge in [-0.3, -0.25) is 0 Å². The van der Waals surface area contributed by atoms with E-state index in [-0.39, 0.29) is 16.8 Å². The van der Waals surface area contributed by atoms with E-state index in [4.69, 9.17) is 4.74 Å². The Labute approximate surface area is 235 Å². The van der Waals surface area contributed by atoms with Crippen molar-refractivity contribution < 1.29 is 24.9 Å². The highest BCUT2D eigenvalue weighted by Gasteiger charge is 2.50. The molecule has 5 heteroatoms. The number of hydrogen-bond acceptors (Lipinski definition) is 5. The van der Waals surface area contributed by atoms with E-state index in [2.05, 4.69) is 38.7 Å². The van der Waals surface area contributed by atoms with E-state index in [9.17, 15) is 20.1 Å². The van der Waals surface area contributed by atoms with Crippen LogP contribution in [0.25, 0.3) is 0 Å². The summed E-state index contributed by atoms with van der Waals surface area (Å²) in [7, 11) is 0. The molecule has 3 N–H and O–H groups in total. The molecule has 4 saturated carbocycles. The zero-order valence-corrected chi connectivity index (χ0v) is 24.7. The minimum atomic E-state index is -0.656. The Hall–Kier alpha value is -1.95. The van der Waals surface area contributed by atoms with Gasteiger partial charge in [0.1, 0.15) is 5.60 Å². The molecule has 0 aromatic rings. The fourth-order valence-corrected chi connectivity index (χ4v) is 7.49. The van der Waals surface area contributed by atoms with Crippen molar-refractivity contribution in [3.63, 3.8) is 0 Å². The number of carbonyl (C=O) groups excluding carboxylic acids is 1. The van der Waals surface area contributed by atoms with Gasteiger partial charge in [0.15, 0.2) is 0 Å². The van der Waals surface area contributed by atoms with Crippen LogP contribution in [0, 0.1) is 28.6 Å². The molecule has 4 rings (SSSR count). The van der Waals surface area contributed by atoms with Crippen molar-refractivity contribution in [1.82, 2.24) is 0 Å². The smallest absolute Gasteiger partial charge is 0.330 e. The van der Waals surface area contributed by atoms with Crippen molar-refractivity contribution in [3.8, 4) is 0 Å². The van der Waals surface area contributed by atoms with Crippen LogP contribution in [0.3, 0.4) is 0 Å². The number of fused-ring (bicyclic) bond motifs is 1. The molecule has 5 nitrogen and oxygen atoms in total. The molecular weight excluding hydrogens is 488 g/mol. The van der Waals surface area contributed by atoms with Crippen LogP contribution >= 0.6 is 0 Å². The summed E-state index contributed by atoms with van der Waals surface area (Å²) in [4.78, 5) is 12.1. The SMILES string of the molecule is C=C1C(=CC=C2CCC[C@]3(C)[C@@H]([C@H](C)C=C[C@@H](O)C4(C=CC(=O)OC(C)(C)C)CC4)CC[C@@H]23)C[C@@H](O)C[C@@H]1O. The number of aliphatic hydroxyl groups excluding tert-OH is 3. The molecule has 39 heavy (non-hydrogen) atoms. The van der Waals surface area contributed by atoms with E-state index < -0.39 is 23.9 Å². The second-order valence-electron chi connectivity index (χ2n) is 14.0. The summed E-state index contributed by atoms with van der Waals surface area (Å²) in [6, 6.07) is 0. The molecule has 0 spiro atoms. The molecule has 0 heterocycles. The van der Waals surface area contributed by atoms with Crippen LogP contribution in [0.2, 0.25) is 0 Å². The summed E-state index contributed by atoms with van der Waals surface area (Å²) in [5.41, 5.74) is 2.53. The van der Waals surface area contributed by atoms with Crippen LogP contribution in [-0.2, 0) is 9.53 Å². The first-order valence-corrected chi connectivity index (χ1v) is 15.0. The van der Waals surface area contributed by atoms with E-state index in [0.717, 1.165) is 30.4 Å². The van der Waals surface area contributed by atoms with E-state index in [1.807, 2.05) is 32.9 Å². The van der Waals surface area contributed by atoms with Gasteiger partial charge in [-0.2, -0.15) is 0 Å². The molecule has 0 amide bonds. The number of ether oxygens (including phenoxy) is 1. The average molecular weight is 539 g/mol. The fraction of sp³-hybridized carbons (Fsp3) is 0.676. The van der Waals surface area contributed by atoms with Crippen molar-refractivity contribution in [3.05, 3.63) is 59.8 Å². The lowest BCUT2D eigenvalue weighted by atomic mass is 9.61. The lowest BCUT2D eigenvalue weighted by Gasteiger charge is -2.44. The van der Waals surface area contributed by atoms with E-state index >= 15 is 0 Å². The fourth-order valence-electron chi connectivity index (χ4n) is 7.49. The predicted octanol–water partition coefficient (Wildman–Crippen LogP) is 6.36. The molecule has 4 fully saturated rings. The zero-order valence-electron chi connectivity index (χ0n) is 24.7. The molecule has 0 aliphatic heterocycles. The van der Waals surface area contributed by atoms with Crippen LogP contribution in [0.1, 0.15) is 92.4 Å². The summed E-state index contributed by atoms with van der Waals surface area (Å²) in [5, 5.41) is 31.3. The molecule has 0 radical (unpaired) electrons. The van der Waals surface area contributed by atoms with Crippen molar-refractivity contribution in [2.45, 2.75) is 116 Å². The second kappa shape index (κ2) is 11.5. The quantitative estimate of drug-likeness (QED) is 0.199. The third-order valence-electron chi connectivity index (χ3n) is 9.91. The molecule has 0 unspecified atom stereocenters. The maximum Gasteiger partial charge on any atom is 0.330 e. The Balaban J connectivity index is 1.41. The van der Waals surface area contributed by atoms with Crippen molar-refractivity contribution in [1.29, 1.82) is 0 Å². The van der Waals surface area contributed by atoms with Crippen LogP contribution in [0.15, 0.2) is 59.8 Å². The van der Waals surface area contributed by atoms with Gasteiger partial charge < -0.3 is 20.1 Å². The van der Waals surface area contributed by atoms with E-state index in [1.165, 1.54) is 37.3 Å². The van der Waals surface area contributed by atoms with Crippen molar-refractivity contribution >= 4 is 5.97 Å². The summed E-state index contributed by atoms with van der Waals surface area (Å²) >= 11 is 0. The molecule has 4 aliphatic rings. The van der Waals surface area contributed by atoms with Gasteiger partial charge in [0, 0.05) is 17.9 Å². The number of esters is 1. The Kier molecular flexibility index (Phi) is 8.85. The molecule has 0 bridgehead atoms. The Morgan fingerprint density at radius 3 is 2.51 bits per heavy atom. The highest BCUT2D eigenvalue weighted by molar-refractivity contribution is 5.82. The Bertz CT molecular complexity index is 1050. The lowest BCUT2D eigenvalue weighted by molar-refractivity contribution is -0.148. The number of aliphatic hydroxyl groups is 3. The first-order chi connectivity index (χ1) is 18.2. The zero-order chi connectivity index (χ0) is 28.6. The highest BCUT2D eigenvalue weighted by atomic mass is 16.6. The van der Waals surface area contributed by atoms with Gasteiger partial charge in [-0.1, -0.05) is 56.4 Å². The summed E-state index contributed by atoms with van der Waals surface area (Å²) in [5.74, 6) is 1.07. The van der Waals surface area contributed by atoms with Gasteiger partial charge in [0.05, 0.1) is 18.3 Å². The minimum Gasteiger partial charge on any atom is -0.457 e. The van der Waals surface area contributed by atoms with E-state index in [1.54, 1.807) is 0 Å². The van der Waals surface area contributed by atoms with Crippen molar-refractivity contribution in [2.24, 2.45) is 28.6 Å². The standard InChI is InChI=1S/C34H50O5/c1-22(9-14-30(37)34(18-19-34)17-15-31(38)39-32(3,4)5)27-12-13-28-24(8-7-16-33(27,28)6)10-11-25-20-26(35)21-29(36)23(25)2/h9-11,14-15,17,22,26-30,35-37H,2,7-8,12-13,16,18-21H2,1,3-6H3/t22-,26-,27-,28+,29+,30-,33-/m1/s1. The van der Waals surface area contributed by atoms with Crippen LogP contribution in [-0.4, -0.2) is 45.2 Å². The monoisotopic (exact) mass is 538 g/mol. The molecular formula is C34H50O5. The Morgan fingerprint density at radius 1 is 1.13 bits per heavy atom.